The van der Waals surface area contributed by atoms with Gasteiger partial charge in [0, 0.05) is 18.0 Å². The Balaban J connectivity index is 1.37. The third-order valence-electron chi connectivity index (χ3n) is 6.63. The lowest BCUT2D eigenvalue weighted by molar-refractivity contribution is -0.114. The number of nitrogens with zero attached hydrogens (tertiary/aromatic N) is 1. The molecule has 4 rings (SSSR count). The molecule has 2 aromatic carbocycles. The molecule has 42 heavy (non-hydrogen) atoms. The number of benzene rings is 2. The molecule has 0 bridgehead atoms. The van der Waals surface area contributed by atoms with Gasteiger partial charge in [-0.25, -0.2) is 5.43 Å². The molecule has 218 valence electrons. The van der Waals surface area contributed by atoms with Gasteiger partial charge in [-0.15, -0.1) is 22.7 Å². The largest absolute Gasteiger partial charge is 0.506 e. The van der Waals surface area contributed by atoms with Crippen molar-refractivity contribution in [2.24, 2.45) is 5.10 Å². The minimum absolute atomic E-state index is 0.0391. The minimum Gasteiger partial charge on any atom is -0.506 e. The molecule has 0 saturated heterocycles. The van der Waals surface area contributed by atoms with E-state index in [0.717, 1.165) is 27.3 Å². The maximum Gasteiger partial charge on any atom is 0.281 e. The molecule has 0 aliphatic rings. The van der Waals surface area contributed by atoms with Crippen LogP contribution in [0, 0.1) is 0 Å². The summed E-state index contributed by atoms with van der Waals surface area (Å²) in [6.45, 7) is 11.5. The lowest BCUT2D eigenvalue weighted by Gasteiger charge is -2.19. The molecule has 4 aromatic rings. The molecule has 1 atom stereocenters. The topological polar surface area (TPSA) is 120 Å². The van der Waals surface area contributed by atoms with Crippen molar-refractivity contribution in [3.8, 4) is 16.2 Å². The molecule has 0 aliphatic carbocycles. The Morgan fingerprint density at radius 3 is 2.10 bits per heavy atom. The Labute approximate surface area is 253 Å². The van der Waals surface area contributed by atoms with Crippen LogP contribution in [-0.4, -0.2) is 28.5 Å². The van der Waals surface area contributed by atoms with Gasteiger partial charge in [-0.2, -0.15) is 5.10 Å². The van der Waals surface area contributed by atoms with E-state index in [9.17, 15) is 19.5 Å². The van der Waals surface area contributed by atoms with Crippen LogP contribution in [0.15, 0.2) is 71.1 Å². The van der Waals surface area contributed by atoms with Gasteiger partial charge in [0.1, 0.15) is 5.75 Å². The number of hydrazone groups is 1. The molecule has 10 heteroatoms. The predicted octanol–water partition coefficient (Wildman–Crippen LogP) is 7.08. The van der Waals surface area contributed by atoms with Crippen LogP contribution in [0.4, 0.5) is 5.69 Å². The van der Waals surface area contributed by atoms with E-state index in [1.54, 1.807) is 31.2 Å². The summed E-state index contributed by atoms with van der Waals surface area (Å²) in [7, 11) is 0. The first kappa shape index (κ1) is 30.7. The van der Waals surface area contributed by atoms with Gasteiger partial charge in [0.15, 0.2) is 0 Å². The maximum atomic E-state index is 12.8. The summed E-state index contributed by atoms with van der Waals surface area (Å²) in [5, 5.41) is 22.5. The van der Waals surface area contributed by atoms with Crippen molar-refractivity contribution in [3.63, 3.8) is 0 Å². The Hall–Kier alpha value is -4.28. The second-order valence-electron chi connectivity index (χ2n) is 11.0. The lowest BCUT2D eigenvalue weighted by Crippen LogP contribution is -2.25. The second-order valence-corrected chi connectivity index (χ2v) is 12.9. The fourth-order valence-corrected chi connectivity index (χ4v) is 5.99. The van der Waals surface area contributed by atoms with Crippen LogP contribution in [0.2, 0.25) is 0 Å². The quantitative estimate of drug-likeness (QED) is 0.127. The van der Waals surface area contributed by atoms with Crippen molar-refractivity contribution in [2.75, 3.05) is 5.32 Å². The van der Waals surface area contributed by atoms with Crippen molar-refractivity contribution in [3.05, 3.63) is 92.5 Å². The lowest BCUT2D eigenvalue weighted by atomic mass is 9.86. The molecule has 3 amide bonds. The zero-order valence-corrected chi connectivity index (χ0v) is 26.0. The number of amides is 3. The van der Waals surface area contributed by atoms with Crippen LogP contribution >= 0.6 is 22.7 Å². The molecule has 0 radical (unpaired) electrons. The normalized spacial score (nSPS) is 12.5. The van der Waals surface area contributed by atoms with Gasteiger partial charge in [0.2, 0.25) is 5.91 Å². The van der Waals surface area contributed by atoms with Crippen LogP contribution in [0.25, 0.3) is 10.4 Å². The molecule has 0 saturated carbocycles. The Morgan fingerprint density at radius 1 is 0.881 bits per heavy atom. The first-order valence-electron chi connectivity index (χ1n) is 13.4. The monoisotopic (exact) mass is 602 g/mol. The van der Waals surface area contributed by atoms with E-state index in [1.165, 1.54) is 23.8 Å². The summed E-state index contributed by atoms with van der Waals surface area (Å²) in [4.78, 5) is 38.2. The fraction of sp³-hybridized carbons (Fsp3) is 0.250. The summed E-state index contributed by atoms with van der Waals surface area (Å²) in [6, 6.07) is 18.2. The molecule has 0 aliphatic heterocycles. The third-order valence-corrected chi connectivity index (χ3v) is 8.73. The first-order chi connectivity index (χ1) is 19.8. The van der Waals surface area contributed by atoms with E-state index in [0.29, 0.717) is 26.7 Å². The van der Waals surface area contributed by atoms with Crippen molar-refractivity contribution in [2.45, 2.75) is 53.0 Å². The molecule has 0 fully saturated rings. The highest BCUT2D eigenvalue weighted by molar-refractivity contribution is 7.16. The second kappa shape index (κ2) is 12.7. The van der Waals surface area contributed by atoms with Crippen molar-refractivity contribution < 1.29 is 19.5 Å². The summed E-state index contributed by atoms with van der Waals surface area (Å²) < 4.78 is 0. The van der Waals surface area contributed by atoms with Gasteiger partial charge in [-0.1, -0.05) is 57.2 Å². The van der Waals surface area contributed by atoms with E-state index in [4.69, 9.17) is 0 Å². The summed E-state index contributed by atoms with van der Waals surface area (Å²) >= 11 is 2.47. The maximum absolute atomic E-state index is 12.8. The van der Waals surface area contributed by atoms with Gasteiger partial charge in [0.25, 0.3) is 11.8 Å². The summed E-state index contributed by atoms with van der Waals surface area (Å²) in [6.07, 6.45) is 0. The van der Waals surface area contributed by atoms with Gasteiger partial charge in [-0.3, -0.25) is 14.4 Å². The van der Waals surface area contributed by atoms with Gasteiger partial charge >= 0.3 is 0 Å². The van der Waals surface area contributed by atoms with Crippen LogP contribution in [-0.2, 0) is 10.2 Å². The van der Waals surface area contributed by atoms with Gasteiger partial charge in [-0.05, 0) is 60.2 Å². The zero-order chi connectivity index (χ0) is 30.6. The predicted molar refractivity (Wildman–Crippen MR) is 171 cm³/mol. The number of aromatic hydroxyl groups is 1. The van der Waals surface area contributed by atoms with Gasteiger partial charge < -0.3 is 15.7 Å². The highest BCUT2D eigenvalue weighted by Gasteiger charge is 2.19. The van der Waals surface area contributed by atoms with E-state index < -0.39 is 5.91 Å². The minimum atomic E-state index is -0.451. The summed E-state index contributed by atoms with van der Waals surface area (Å²) in [5.41, 5.74) is 7.24. The molecular formula is C32H34N4O4S2. The fourth-order valence-electron chi connectivity index (χ4n) is 4.18. The Morgan fingerprint density at radius 2 is 1.50 bits per heavy atom. The average molecular weight is 603 g/mol. The number of hydrogen-bond donors (Lipinski definition) is 4. The van der Waals surface area contributed by atoms with E-state index in [1.807, 2.05) is 36.6 Å². The standard InChI is InChI=1S/C32H34N4O4S2/c1-18(21-9-13-24(14-10-21)34-20(3)37)33-30(39)26-15-16-27(42-26)31(40)36-35-19(2)25-17-41-29(28(25)38)22-7-11-23(12-8-22)32(4,5)6/h7-18,38H,1-6H3,(H,33,39)(H,34,37)(H,36,40). The van der Waals surface area contributed by atoms with E-state index in [-0.39, 0.29) is 29.0 Å². The molecule has 8 nitrogen and oxygen atoms in total. The van der Waals surface area contributed by atoms with Gasteiger partial charge in [0.05, 0.1) is 31.9 Å². The summed E-state index contributed by atoms with van der Waals surface area (Å²) in [5.74, 6) is -0.789. The van der Waals surface area contributed by atoms with E-state index >= 15 is 0 Å². The third kappa shape index (κ3) is 7.32. The highest BCUT2D eigenvalue weighted by Crippen LogP contribution is 2.39. The molecule has 1 unspecified atom stereocenters. The first-order valence-corrected chi connectivity index (χ1v) is 15.1. The number of thiophene rings is 2. The Bertz CT molecular complexity index is 1630. The van der Waals surface area contributed by atoms with Crippen LogP contribution in [0.1, 0.15) is 83.6 Å². The van der Waals surface area contributed by atoms with E-state index in [2.05, 4.69) is 54.1 Å². The number of carbonyl (C=O) groups excluding carboxylic acids is 3. The van der Waals surface area contributed by atoms with Crippen molar-refractivity contribution in [1.82, 2.24) is 10.7 Å². The van der Waals surface area contributed by atoms with Crippen LogP contribution in [0.3, 0.4) is 0 Å². The van der Waals surface area contributed by atoms with Crippen molar-refractivity contribution >= 4 is 51.8 Å². The molecule has 2 aromatic heterocycles. The van der Waals surface area contributed by atoms with Crippen molar-refractivity contribution in [1.29, 1.82) is 0 Å². The molecular weight excluding hydrogens is 569 g/mol. The highest BCUT2D eigenvalue weighted by atomic mass is 32.1. The molecule has 0 spiro atoms. The number of rotatable bonds is 8. The Kier molecular flexibility index (Phi) is 9.28. The molecule has 2 heterocycles. The average Bonchev–Trinajstić information content (AvgIpc) is 3.59. The number of nitrogens with one attached hydrogen (secondary N) is 3. The number of anilines is 1. The number of hydrogen-bond acceptors (Lipinski definition) is 7. The SMILES string of the molecule is CC(=O)Nc1ccc(C(C)NC(=O)c2ccc(C(=O)NN=C(C)c3csc(-c4ccc(C(C)(C)C)cc4)c3O)s2)cc1. The van der Waals surface area contributed by atoms with Crippen LogP contribution < -0.4 is 16.1 Å². The number of carbonyl (C=O) groups is 3. The smallest absolute Gasteiger partial charge is 0.281 e. The zero-order valence-electron chi connectivity index (χ0n) is 24.4. The van der Waals surface area contributed by atoms with Crippen LogP contribution in [0.5, 0.6) is 5.75 Å². The molecule has 4 N–H and O–H groups in total.